The van der Waals surface area contributed by atoms with Crippen LogP contribution in [0, 0.1) is 5.82 Å². The second kappa shape index (κ2) is 7.26. The van der Waals surface area contributed by atoms with Gasteiger partial charge in [-0.25, -0.2) is 9.18 Å². The monoisotopic (exact) mass is 379 g/mol. The maximum absolute atomic E-state index is 13.8. The second-order valence-corrected chi connectivity index (χ2v) is 6.42. The molecule has 142 valence electrons. The summed E-state index contributed by atoms with van der Waals surface area (Å²) < 4.78 is 19.0. The molecule has 3 aromatic rings. The number of benzene rings is 1. The van der Waals surface area contributed by atoms with Crippen LogP contribution in [-0.4, -0.2) is 39.9 Å². The first-order valence-electron chi connectivity index (χ1n) is 8.99. The van der Waals surface area contributed by atoms with Gasteiger partial charge in [-0.2, -0.15) is 0 Å². The van der Waals surface area contributed by atoms with Crippen LogP contribution >= 0.6 is 0 Å². The summed E-state index contributed by atoms with van der Waals surface area (Å²) in [7, 11) is 0. The van der Waals surface area contributed by atoms with Crippen LogP contribution in [0.2, 0.25) is 0 Å². The van der Waals surface area contributed by atoms with Crippen LogP contribution in [0.15, 0.2) is 48.9 Å². The number of nitrogens with zero attached hydrogens (tertiary/aromatic N) is 2. The number of aromatic nitrogens is 2. The van der Waals surface area contributed by atoms with Gasteiger partial charge in [-0.1, -0.05) is 0 Å². The number of H-pyrrole nitrogens is 1. The van der Waals surface area contributed by atoms with Gasteiger partial charge in [0.15, 0.2) is 0 Å². The van der Waals surface area contributed by atoms with Crippen LogP contribution in [-0.2, 0) is 16.0 Å². The second-order valence-electron chi connectivity index (χ2n) is 6.42. The summed E-state index contributed by atoms with van der Waals surface area (Å²) in [6.45, 7) is 2.26. The predicted octanol–water partition coefficient (Wildman–Crippen LogP) is 3.30. The smallest absolute Gasteiger partial charge is 0.341 e. The summed E-state index contributed by atoms with van der Waals surface area (Å²) in [4.78, 5) is 34.2. The van der Waals surface area contributed by atoms with E-state index in [1.807, 2.05) is 0 Å². The van der Waals surface area contributed by atoms with E-state index in [-0.39, 0.29) is 23.9 Å². The van der Waals surface area contributed by atoms with Gasteiger partial charge in [0.05, 0.1) is 23.4 Å². The third-order valence-electron chi connectivity index (χ3n) is 4.69. The van der Waals surface area contributed by atoms with Crippen molar-refractivity contribution in [2.24, 2.45) is 0 Å². The van der Waals surface area contributed by atoms with Crippen LogP contribution in [0.3, 0.4) is 0 Å². The van der Waals surface area contributed by atoms with Crippen molar-refractivity contribution in [3.63, 3.8) is 0 Å². The number of pyridine rings is 1. The van der Waals surface area contributed by atoms with Gasteiger partial charge in [-0.3, -0.25) is 9.78 Å². The number of carbonyl (C=O) groups excluding carboxylic acids is 2. The highest BCUT2D eigenvalue weighted by Crippen LogP contribution is 2.32. The maximum atomic E-state index is 13.8. The largest absolute Gasteiger partial charge is 0.462 e. The van der Waals surface area contributed by atoms with E-state index in [1.54, 1.807) is 31.3 Å². The topological polar surface area (TPSA) is 75.3 Å². The number of carbonyl (C=O) groups is 2. The number of esters is 1. The molecular weight excluding hydrogens is 361 g/mol. The Bertz CT molecular complexity index is 1090. The Balaban J connectivity index is 1.82. The third kappa shape index (κ3) is 3.15. The molecule has 1 aliphatic rings. The SMILES string of the molecule is CCOC(=O)C1=CN(C(=O)c2cccnc2)CCc2c1[nH]c1ccc(F)cc21. The average molecular weight is 379 g/mol. The minimum Gasteiger partial charge on any atom is -0.462 e. The van der Waals surface area contributed by atoms with Gasteiger partial charge >= 0.3 is 5.97 Å². The Morgan fingerprint density at radius 1 is 1.32 bits per heavy atom. The van der Waals surface area contributed by atoms with Gasteiger partial charge in [-0.15, -0.1) is 0 Å². The summed E-state index contributed by atoms with van der Waals surface area (Å²) >= 11 is 0. The predicted molar refractivity (Wildman–Crippen MR) is 102 cm³/mol. The molecule has 6 nitrogen and oxygen atoms in total. The molecule has 1 aromatic carbocycles. The molecule has 3 heterocycles. The van der Waals surface area contributed by atoms with Crippen molar-refractivity contribution in [2.75, 3.05) is 13.2 Å². The number of aromatic amines is 1. The van der Waals surface area contributed by atoms with Crippen molar-refractivity contribution in [2.45, 2.75) is 13.3 Å². The fraction of sp³-hybridized carbons (Fsp3) is 0.190. The molecule has 0 atom stereocenters. The van der Waals surface area contributed by atoms with Gasteiger partial charge in [-0.05, 0) is 49.2 Å². The first-order chi connectivity index (χ1) is 13.6. The summed E-state index contributed by atoms with van der Waals surface area (Å²) in [5.74, 6) is -1.17. The fourth-order valence-corrected chi connectivity index (χ4v) is 3.41. The highest BCUT2D eigenvalue weighted by atomic mass is 19.1. The molecule has 1 aliphatic heterocycles. The van der Waals surface area contributed by atoms with Gasteiger partial charge in [0.25, 0.3) is 5.91 Å². The van der Waals surface area contributed by atoms with Crippen molar-refractivity contribution in [3.8, 4) is 0 Å². The van der Waals surface area contributed by atoms with Crippen molar-refractivity contribution < 1.29 is 18.7 Å². The number of hydrogen-bond acceptors (Lipinski definition) is 4. The van der Waals surface area contributed by atoms with E-state index in [1.165, 1.54) is 29.4 Å². The minimum atomic E-state index is -0.540. The highest BCUT2D eigenvalue weighted by Gasteiger charge is 2.27. The molecule has 4 rings (SSSR count). The molecule has 0 bridgehead atoms. The lowest BCUT2D eigenvalue weighted by Gasteiger charge is -2.17. The van der Waals surface area contributed by atoms with E-state index >= 15 is 0 Å². The zero-order valence-electron chi connectivity index (χ0n) is 15.2. The van der Waals surface area contributed by atoms with Crippen molar-refractivity contribution >= 4 is 28.4 Å². The number of fused-ring (bicyclic) bond motifs is 3. The number of ether oxygens (including phenoxy) is 1. The lowest BCUT2D eigenvalue weighted by Crippen LogP contribution is -2.28. The van der Waals surface area contributed by atoms with E-state index in [0.29, 0.717) is 29.6 Å². The van der Waals surface area contributed by atoms with Crippen molar-refractivity contribution in [1.29, 1.82) is 0 Å². The molecule has 0 spiro atoms. The highest BCUT2D eigenvalue weighted by molar-refractivity contribution is 6.18. The fourth-order valence-electron chi connectivity index (χ4n) is 3.41. The molecular formula is C21H18FN3O3. The molecule has 0 saturated carbocycles. The summed E-state index contributed by atoms with van der Waals surface area (Å²) in [6.07, 6.45) is 5.04. The first-order valence-corrected chi connectivity index (χ1v) is 8.99. The average Bonchev–Trinajstić information content (AvgIpc) is 2.94. The molecule has 0 unspecified atom stereocenters. The number of amides is 1. The lowest BCUT2D eigenvalue weighted by atomic mass is 10.0. The molecule has 0 radical (unpaired) electrons. The number of halogens is 1. The molecule has 0 saturated heterocycles. The van der Waals surface area contributed by atoms with Crippen LogP contribution in [0.4, 0.5) is 4.39 Å². The number of nitrogens with one attached hydrogen (secondary N) is 1. The van der Waals surface area contributed by atoms with Crippen LogP contribution in [0.1, 0.15) is 28.5 Å². The normalized spacial score (nSPS) is 13.6. The number of hydrogen-bond donors (Lipinski definition) is 1. The van der Waals surface area contributed by atoms with Crippen LogP contribution in [0.25, 0.3) is 16.5 Å². The van der Waals surface area contributed by atoms with Gasteiger partial charge in [0.1, 0.15) is 5.82 Å². The van der Waals surface area contributed by atoms with E-state index < -0.39 is 5.97 Å². The number of rotatable bonds is 3. The summed E-state index contributed by atoms with van der Waals surface area (Å²) in [5, 5.41) is 0.695. The molecule has 2 aromatic heterocycles. The summed E-state index contributed by atoms with van der Waals surface area (Å²) in [5.41, 5.74) is 2.73. The molecule has 1 amide bonds. The Kier molecular flexibility index (Phi) is 4.65. The zero-order valence-corrected chi connectivity index (χ0v) is 15.2. The zero-order chi connectivity index (χ0) is 19.7. The minimum absolute atomic E-state index is 0.205. The Morgan fingerprint density at radius 2 is 2.18 bits per heavy atom. The quantitative estimate of drug-likeness (QED) is 0.709. The standard InChI is InChI=1S/C21H18FN3O3/c1-2-28-21(27)17-12-25(20(26)13-4-3-8-23-11-13)9-7-15-16-10-14(22)5-6-18(16)24-19(15)17/h3-6,8,10-12,24H,2,7,9H2,1H3. The van der Waals surface area contributed by atoms with Crippen molar-refractivity contribution in [3.05, 3.63) is 71.6 Å². The Morgan fingerprint density at radius 3 is 2.93 bits per heavy atom. The molecule has 7 heteroatoms. The van der Waals surface area contributed by atoms with Gasteiger partial charge < -0.3 is 14.6 Å². The molecule has 0 aliphatic carbocycles. The molecule has 28 heavy (non-hydrogen) atoms. The Hall–Kier alpha value is -3.48. The van der Waals surface area contributed by atoms with Crippen LogP contribution < -0.4 is 0 Å². The first kappa shape index (κ1) is 17.9. The van der Waals surface area contributed by atoms with E-state index in [4.69, 9.17) is 4.74 Å². The van der Waals surface area contributed by atoms with Gasteiger partial charge in [0, 0.05) is 36.0 Å². The molecule has 1 N–H and O–H groups in total. The van der Waals surface area contributed by atoms with Gasteiger partial charge in [0.2, 0.25) is 0 Å². The van der Waals surface area contributed by atoms with E-state index in [2.05, 4.69) is 9.97 Å². The van der Waals surface area contributed by atoms with E-state index in [0.717, 1.165) is 11.1 Å². The van der Waals surface area contributed by atoms with E-state index in [9.17, 15) is 14.0 Å². The third-order valence-corrected chi connectivity index (χ3v) is 4.69. The lowest BCUT2D eigenvalue weighted by molar-refractivity contribution is -0.136. The molecule has 0 fully saturated rings. The van der Waals surface area contributed by atoms with Crippen LogP contribution in [0.5, 0.6) is 0 Å². The maximum Gasteiger partial charge on any atom is 0.341 e. The Labute approximate surface area is 160 Å². The summed E-state index contributed by atoms with van der Waals surface area (Å²) in [6, 6.07) is 7.79. The van der Waals surface area contributed by atoms with Crippen molar-refractivity contribution in [1.82, 2.24) is 14.9 Å².